The summed E-state index contributed by atoms with van der Waals surface area (Å²) in [6.45, 7) is 4.24. The van der Waals surface area contributed by atoms with Crippen molar-refractivity contribution in [2.75, 3.05) is 13.2 Å². The van der Waals surface area contributed by atoms with Crippen LogP contribution in [0.15, 0.2) is 17.5 Å². The fourth-order valence-corrected chi connectivity index (χ4v) is 3.49. The summed E-state index contributed by atoms with van der Waals surface area (Å²) in [5.41, 5.74) is 0. The average molecular weight is 267 g/mol. The highest BCUT2D eigenvalue weighted by Crippen LogP contribution is 2.19. The maximum absolute atomic E-state index is 5.68. The Morgan fingerprint density at radius 2 is 2.50 bits per heavy atom. The summed E-state index contributed by atoms with van der Waals surface area (Å²) < 4.78 is 5.68. The van der Waals surface area contributed by atoms with E-state index in [1.165, 1.54) is 43.4 Å². The third-order valence-corrected chi connectivity index (χ3v) is 4.52. The van der Waals surface area contributed by atoms with Crippen LogP contribution in [0.3, 0.4) is 0 Å². The summed E-state index contributed by atoms with van der Waals surface area (Å²) >= 11 is 1.87. The highest BCUT2D eigenvalue weighted by atomic mass is 32.1. The first-order valence-corrected chi connectivity index (χ1v) is 8.14. The molecule has 0 saturated carbocycles. The van der Waals surface area contributed by atoms with E-state index in [-0.39, 0.29) is 0 Å². The Morgan fingerprint density at radius 3 is 3.17 bits per heavy atom. The molecule has 1 saturated heterocycles. The molecule has 2 nitrogen and oxygen atoms in total. The summed E-state index contributed by atoms with van der Waals surface area (Å²) in [5.74, 6) is 0. The van der Waals surface area contributed by atoms with Gasteiger partial charge in [-0.2, -0.15) is 0 Å². The number of hydrogen-bond donors (Lipinski definition) is 1. The van der Waals surface area contributed by atoms with Crippen LogP contribution in [0.1, 0.15) is 43.9 Å². The van der Waals surface area contributed by atoms with E-state index in [2.05, 4.69) is 29.8 Å². The topological polar surface area (TPSA) is 21.3 Å². The molecule has 1 aliphatic rings. The zero-order valence-electron chi connectivity index (χ0n) is 11.4. The minimum atomic E-state index is 0.550. The third kappa shape index (κ3) is 4.71. The van der Waals surface area contributed by atoms with Gasteiger partial charge in [-0.3, -0.25) is 0 Å². The second kappa shape index (κ2) is 7.93. The minimum Gasteiger partial charge on any atom is -0.378 e. The van der Waals surface area contributed by atoms with Gasteiger partial charge in [0.25, 0.3) is 0 Å². The molecular formula is C15H25NOS. The maximum Gasteiger partial charge on any atom is 0.0576 e. The zero-order valence-corrected chi connectivity index (χ0v) is 12.2. The van der Waals surface area contributed by atoms with Crippen molar-refractivity contribution in [3.63, 3.8) is 0 Å². The Balaban J connectivity index is 1.68. The Bertz CT molecular complexity index is 306. The van der Waals surface area contributed by atoms with Gasteiger partial charge in [-0.1, -0.05) is 13.0 Å². The van der Waals surface area contributed by atoms with Crippen molar-refractivity contribution < 1.29 is 4.74 Å². The van der Waals surface area contributed by atoms with Crippen molar-refractivity contribution in [1.29, 1.82) is 0 Å². The highest BCUT2D eigenvalue weighted by Gasteiger charge is 2.16. The summed E-state index contributed by atoms with van der Waals surface area (Å²) in [4.78, 5) is 1.50. The number of likely N-dealkylation sites (N-methyl/N-ethyl adjacent to an activating group) is 1. The van der Waals surface area contributed by atoms with Crippen LogP contribution in [-0.2, 0) is 11.2 Å². The quantitative estimate of drug-likeness (QED) is 0.777. The van der Waals surface area contributed by atoms with Gasteiger partial charge in [0.1, 0.15) is 0 Å². The molecule has 1 fully saturated rings. The Kier molecular flexibility index (Phi) is 6.18. The van der Waals surface area contributed by atoms with Gasteiger partial charge in [-0.25, -0.2) is 0 Å². The van der Waals surface area contributed by atoms with Crippen molar-refractivity contribution >= 4 is 11.3 Å². The van der Waals surface area contributed by atoms with Gasteiger partial charge in [-0.15, -0.1) is 11.3 Å². The number of nitrogens with one attached hydrogen (secondary N) is 1. The van der Waals surface area contributed by atoms with Crippen LogP contribution in [0.25, 0.3) is 0 Å². The third-order valence-electron chi connectivity index (χ3n) is 3.62. The fraction of sp³-hybridized carbons (Fsp3) is 0.733. The van der Waals surface area contributed by atoms with E-state index >= 15 is 0 Å². The monoisotopic (exact) mass is 267 g/mol. The average Bonchev–Trinajstić information content (AvgIpc) is 3.02. The lowest BCUT2D eigenvalue weighted by Gasteiger charge is -2.18. The van der Waals surface area contributed by atoms with Crippen molar-refractivity contribution in [2.24, 2.45) is 0 Å². The molecule has 0 radical (unpaired) electrons. The van der Waals surface area contributed by atoms with Crippen LogP contribution in [0.2, 0.25) is 0 Å². The molecular weight excluding hydrogens is 242 g/mol. The SMILES string of the molecule is CCNC(CCCC1CCCO1)Cc1cccs1. The minimum absolute atomic E-state index is 0.550. The second-order valence-electron chi connectivity index (χ2n) is 5.10. The normalized spacial score (nSPS) is 21.3. The Labute approximate surface area is 115 Å². The zero-order chi connectivity index (χ0) is 12.6. The summed E-state index contributed by atoms with van der Waals surface area (Å²) in [5, 5.41) is 5.78. The molecule has 1 aromatic heterocycles. The summed E-state index contributed by atoms with van der Waals surface area (Å²) in [7, 11) is 0. The predicted octanol–water partition coefficient (Wildman–Crippen LogP) is 3.62. The van der Waals surface area contributed by atoms with Gasteiger partial charge >= 0.3 is 0 Å². The van der Waals surface area contributed by atoms with Gasteiger partial charge in [0.15, 0.2) is 0 Å². The molecule has 1 N–H and O–H groups in total. The molecule has 18 heavy (non-hydrogen) atoms. The molecule has 1 aliphatic heterocycles. The van der Waals surface area contributed by atoms with E-state index in [9.17, 15) is 0 Å². The largest absolute Gasteiger partial charge is 0.378 e. The van der Waals surface area contributed by atoms with E-state index in [1.54, 1.807) is 0 Å². The maximum atomic E-state index is 5.68. The smallest absolute Gasteiger partial charge is 0.0576 e. The molecule has 102 valence electrons. The van der Waals surface area contributed by atoms with Crippen molar-refractivity contribution in [2.45, 2.75) is 57.6 Å². The molecule has 2 atom stereocenters. The van der Waals surface area contributed by atoms with Crippen LogP contribution in [-0.4, -0.2) is 25.3 Å². The molecule has 2 unspecified atom stereocenters. The summed E-state index contributed by atoms with van der Waals surface area (Å²) in [6, 6.07) is 5.03. The number of hydrogen-bond acceptors (Lipinski definition) is 3. The highest BCUT2D eigenvalue weighted by molar-refractivity contribution is 7.09. The lowest BCUT2D eigenvalue weighted by Crippen LogP contribution is -2.30. The Morgan fingerprint density at radius 1 is 1.56 bits per heavy atom. The first-order valence-electron chi connectivity index (χ1n) is 7.26. The molecule has 0 aromatic carbocycles. The number of ether oxygens (including phenoxy) is 1. The first-order chi connectivity index (χ1) is 8.88. The number of thiophene rings is 1. The molecule has 0 amide bonds. The lowest BCUT2D eigenvalue weighted by molar-refractivity contribution is 0.101. The van der Waals surface area contributed by atoms with Crippen LogP contribution in [0.5, 0.6) is 0 Å². The van der Waals surface area contributed by atoms with Crippen LogP contribution in [0, 0.1) is 0 Å². The van der Waals surface area contributed by atoms with E-state index in [1.807, 2.05) is 11.3 Å². The molecule has 2 heterocycles. The van der Waals surface area contributed by atoms with Crippen molar-refractivity contribution in [3.8, 4) is 0 Å². The standard InChI is InChI=1S/C15H25NOS/c1-2-16-13(12-15-9-5-11-18-15)6-3-7-14-8-4-10-17-14/h5,9,11,13-14,16H,2-4,6-8,10,12H2,1H3. The van der Waals surface area contributed by atoms with Crippen molar-refractivity contribution in [1.82, 2.24) is 5.32 Å². The fourth-order valence-electron chi connectivity index (χ4n) is 2.70. The van der Waals surface area contributed by atoms with E-state index < -0.39 is 0 Å². The molecule has 2 rings (SSSR count). The Hall–Kier alpha value is -0.380. The van der Waals surface area contributed by atoms with Gasteiger partial charge in [0.2, 0.25) is 0 Å². The first kappa shape index (κ1) is 14.0. The second-order valence-corrected chi connectivity index (χ2v) is 6.14. The number of rotatable bonds is 8. The van der Waals surface area contributed by atoms with Crippen LogP contribution >= 0.6 is 11.3 Å². The molecule has 0 spiro atoms. The predicted molar refractivity (Wildman–Crippen MR) is 78.3 cm³/mol. The van der Waals surface area contributed by atoms with E-state index in [4.69, 9.17) is 4.74 Å². The van der Waals surface area contributed by atoms with Gasteiger partial charge in [-0.05, 0) is 56.5 Å². The van der Waals surface area contributed by atoms with Gasteiger partial charge < -0.3 is 10.1 Å². The van der Waals surface area contributed by atoms with Crippen molar-refractivity contribution in [3.05, 3.63) is 22.4 Å². The van der Waals surface area contributed by atoms with Crippen LogP contribution in [0.4, 0.5) is 0 Å². The molecule has 3 heteroatoms. The molecule has 0 aliphatic carbocycles. The van der Waals surface area contributed by atoms with Gasteiger partial charge in [0.05, 0.1) is 6.10 Å². The molecule has 1 aromatic rings. The lowest BCUT2D eigenvalue weighted by atomic mass is 10.0. The molecule has 0 bridgehead atoms. The van der Waals surface area contributed by atoms with E-state index in [0.29, 0.717) is 12.1 Å². The van der Waals surface area contributed by atoms with E-state index in [0.717, 1.165) is 13.2 Å². The van der Waals surface area contributed by atoms with Crippen LogP contribution < -0.4 is 5.32 Å². The van der Waals surface area contributed by atoms with Gasteiger partial charge in [0, 0.05) is 17.5 Å². The summed E-state index contributed by atoms with van der Waals surface area (Å²) in [6.07, 6.45) is 8.06.